The smallest absolute Gasteiger partial charge is 0.145 e. The fraction of sp³-hybridized carbons (Fsp3) is 0.154. The predicted octanol–water partition coefficient (Wildman–Crippen LogP) is 3.11. The van der Waals surface area contributed by atoms with E-state index in [1.807, 2.05) is 12.1 Å². The van der Waals surface area contributed by atoms with Crippen LogP contribution in [-0.2, 0) is 6.42 Å². The van der Waals surface area contributed by atoms with Gasteiger partial charge in [0.1, 0.15) is 11.6 Å². The summed E-state index contributed by atoms with van der Waals surface area (Å²) in [7, 11) is 1.58. The Morgan fingerprint density at radius 1 is 1.50 bits per heavy atom. The maximum atomic E-state index is 13.6. The van der Waals surface area contributed by atoms with E-state index in [9.17, 15) is 4.39 Å². The van der Waals surface area contributed by atoms with Crippen molar-refractivity contribution in [3.05, 3.63) is 48.4 Å². The van der Waals surface area contributed by atoms with Crippen LogP contribution < -0.4 is 4.74 Å². The lowest BCUT2D eigenvalue weighted by Gasteiger charge is -2.07. The van der Waals surface area contributed by atoms with Gasteiger partial charge in [-0.05, 0) is 24.6 Å². The van der Waals surface area contributed by atoms with Gasteiger partial charge >= 0.3 is 0 Å². The molecule has 3 heteroatoms. The minimum absolute atomic E-state index is 0.305. The van der Waals surface area contributed by atoms with Gasteiger partial charge in [-0.25, -0.2) is 4.39 Å². The number of ether oxygens (including phenoxy) is 1. The molecule has 0 fully saturated rings. The van der Waals surface area contributed by atoms with Gasteiger partial charge in [0.05, 0.1) is 18.8 Å². The van der Waals surface area contributed by atoms with E-state index >= 15 is 0 Å². The fourth-order valence-corrected chi connectivity index (χ4v) is 1.68. The van der Waals surface area contributed by atoms with Gasteiger partial charge in [0.15, 0.2) is 0 Å². The van der Waals surface area contributed by atoms with Gasteiger partial charge in [-0.15, -0.1) is 6.58 Å². The highest BCUT2D eigenvalue weighted by Crippen LogP contribution is 2.24. The number of nitrogens with zero attached hydrogens (tertiary/aromatic N) is 1. The monoisotopic (exact) mass is 217 g/mol. The van der Waals surface area contributed by atoms with Gasteiger partial charge in [0, 0.05) is 10.9 Å². The van der Waals surface area contributed by atoms with E-state index in [4.69, 9.17) is 4.74 Å². The van der Waals surface area contributed by atoms with Gasteiger partial charge in [0.2, 0.25) is 0 Å². The third kappa shape index (κ3) is 1.76. The molecule has 2 nitrogen and oxygen atoms in total. The Hall–Kier alpha value is -1.90. The maximum Gasteiger partial charge on any atom is 0.145 e. The molecule has 0 saturated heterocycles. The van der Waals surface area contributed by atoms with Crippen LogP contribution in [0.4, 0.5) is 4.39 Å². The second-order valence-corrected chi connectivity index (χ2v) is 3.46. The number of methoxy groups -OCH3 is 1. The largest absolute Gasteiger partial charge is 0.497 e. The lowest BCUT2D eigenvalue weighted by molar-refractivity contribution is 0.415. The Balaban J connectivity index is 2.72. The van der Waals surface area contributed by atoms with Crippen molar-refractivity contribution < 1.29 is 9.13 Å². The molecule has 1 heterocycles. The molecule has 82 valence electrons. The summed E-state index contributed by atoms with van der Waals surface area (Å²) in [5.74, 6) is 0.394. The Kier molecular flexibility index (Phi) is 2.86. The topological polar surface area (TPSA) is 22.1 Å². The standard InChI is InChI=1S/C13H12FNO/c1-3-4-10-11-7-9(16-2)5-6-13(11)15-8-12(10)14/h3,5-8H,1,4H2,2H3. The number of pyridine rings is 1. The van der Waals surface area contributed by atoms with Crippen LogP contribution in [-0.4, -0.2) is 12.1 Å². The highest BCUT2D eigenvalue weighted by molar-refractivity contribution is 5.83. The number of hydrogen-bond acceptors (Lipinski definition) is 2. The van der Waals surface area contributed by atoms with Crippen LogP contribution in [0.25, 0.3) is 10.9 Å². The number of aromatic nitrogens is 1. The van der Waals surface area contributed by atoms with Gasteiger partial charge in [0.25, 0.3) is 0 Å². The minimum atomic E-state index is -0.305. The molecular formula is C13H12FNO. The van der Waals surface area contributed by atoms with Crippen LogP contribution in [0.5, 0.6) is 5.75 Å². The van der Waals surface area contributed by atoms with Crippen molar-refractivity contribution >= 4 is 10.9 Å². The van der Waals surface area contributed by atoms with E-state index in [2.05, 4.69) is 11.6 Å². The highest BCUT2D eigenvalue weighted by Gasteiger charge is 2.08. The van der Waals surface area contributed by atoms with Crippen LogP contribution in [0.2, 0.25) is 0 Å². The normalized spacial score (nSPS) is 10.4. The maximum absolute atomic E-state index is 13.6. The van der Waals surface area contributed by atoms with Gasteiger partial charge in [-0.3, -0.25) is 4.98 Å². The Morgan fingerprint density at radius 3 is 3.00 bits per heavy atom. The summed E-state index contributed by atoms with van der Waals surface area (Å²) >= 11 is 0. The number of halogens is 1. The van der Waals surface area contributed by atoms with Crippen molar-refractivity contribution in [3.63, 3.8) is 0 Å². The van der Waals surface area contributed by atoms with Crippen molar-refractivity contribution in [2.45, 2.75) is 6.42 Å². The lowest BCUT2D eigenvalue weighted by atomic mass is 10.1. The van der Waals surface area contributed by atoms with E-state index in [-0.39, 0.29) is 5.82 Å². The Morgan fingerprint density at radius 2 is 2.31 bits per heavy atom. The molecule has 0 aliphatic rings. The number of benzene rings is 1. The summed E-state index contributed by atoms with van der Waals surface area (Å²) in [5.41, 5.74) is 1.37. The summed E-state index contributed by atoms with van der Waals surface area (Å²) < 4.78 is 18.7. The molecule has 0 atom stereocenters. The molecule has 0 aliphatic carbocycles. The molecule has 0 radical (unpaired) electrons. The first kappa shape index (κ1) is 10.6. The molecule has 0 bridgehead atoms. The van der Waals surface area contributed by atoms with Gasteiger partial charge in [-0.1, -0.05) is 6.08 Å². The SMILES string of the molecule is C=CCc1c(F)cnc2ccc(OC)cc12. The van der Waals surface area contributed by atoms with E-state index in [1.54, 1.807) is 19.3 Å². The molecule has 0 N–H and O–H groups in total. The van der Waals surface area contributed by atoms with Crippen LogP contribution >= 0.6 is 0 Å². The zero-order chi connectivity index (χ0) is 11.5. The van der Waals surface area contributed by atoms with Crippen LogP contribution in [0.1, 0.15) is 5.56 Å². The first-order valence-corrected chi connectivity index (χ1v) is 4.98. The average molecular weight is 217 g/mol. The third-order valence-corrected chi connectivity index (χ3v) is 2.48. The molecule has 0 saturated carbocycles. The summed E-state index contributed by atoms with van der Waals surface area (Å²) in [5, 5.41) is 0.777. The molecule has 0 amide bonds. The zero-order valence-corrected chi connectivity index (χ0v) is 9.03. The highest BCUT2D eigenvalue weighted by atomic mass is 19.1. The van der Waals surface area contributed by atoms with E-state index in [0.717, 1.165) is 10.9 Å². The quantitative estimate of drug-likeness (QED) is 0.737. The second kappa shape index (κ2) is 4.31. The summed E-state index contributed by atoms with van der Waals surface area (Å²) in [6, 6.07) is 5.43. The molecule has 0 unspecified atom stereocenters. The molecular weight excluding hydrogens is 205 g/mol. The fourth-order valence-electron chi connectivity index (χ4n) is 1.68. The van der Waals surface area contributed by atoms with Crippen molar-refractivity contribution in [2.75, 3.05) is 7.11 Å². The van der Waals surface area contributed by atoms with Crippen molar-refractivity contribution in [3.8, 4) is 5.75 Å². The molecule has 0 aliphatic heterocycles. The third-order valence-electron chi connectivity index (χ3n) is 2.48. The van der Waals surface area contributed by atoms with Crippen molar-refractivity contribution in [1.82, 2.24) is 4.98 Å². The van der Waals surface area contributed by atoms with Crippen LogP contribution in [0.3, 0.4) is 0 Å². The van der Waals surface area contributed by atoms with Crippen LogP contribution in [0, 0.1) is 5.82 Å². The minimum Gasteiger partial charge on any atom is -0.497 e. The summed E-state index contributed by atoms with van der Waals surface area (Å²) in [4.78, 5) is 4.03. The Labute approximate surface area is 93.4 Å². The lowest BCUT2D eigenvalue weighted by Crippen LogP contribution is -1.94. The van der Waals surface area contributed by atoms with Gasteiger partial charge in [-0.2, -0.15) is 0 Å². The predicted molar refractivity (Wildman–Crippen MR) is 62.2 cm³/mol. The van der Waals surface area contributed by atoms with E-state index in [0.29, 0.717) is 17.7 Å². The van der Waals surface area contributed by atoms with Crippen LogP contribution in [0.15, 0.2) is 37.1 Å². The Bertz CT molecular complexity index is 537. The summed E-state index contributed by atoms with van der Waals surface area (Å²) in [6.45, 7) is 3.63. The number of rotatable bonds is 3. The number of allylic oxidation sites excluding steroid dienone is 1. The number of fused-ring (bicyclic) bond motifs is 1. The molecule has 1 aromatic heterocycles. The molecule has 0 spiro atoms. The van der Waals surface area contributed by atoms with E-state index < -0.39 is 0 Å². The first-order chi connectivity index (χ1) is 7.76. The van der Waals surface area contributed by atoms with Crippen molar-refractivity contribution in [1.29, 1.82) is 0 Å². The first-order valence-electron chi connectivity index (χ1n) is 4.98. The summed E-state index contributed by atoms with van der Waals surface area (Å²) in [6.07, 6.45) is 3.41. The average Bonchev–Trinajstić information content (AvgIpc) is 2.32. The zero-order valence-electron chi connectivity index (χ0n) is 9.03. The van der Waals surface area contributed by atoms with Crippen molar-refractivity contribution in [2.24, 2.45) is 0 Å². The second-order valence-electron chi connectivity index (χ2n) is 3.46. The number of hydrogen-bond donors (Lipinski definition) is 0. The van der Waals surface area contributed by atoms with E-state index in [1.165, 1.54) is 6.20 Å². The van der Waals surface area contributed by atoms with Gasteiger partial charge < -0.3 is 4.74 Å². The molecule has 2 rings (SSSR count). The molecule has 2 aromatic rings. The molecule has 16 heavy (non-hydrogen) atoms. The molecule has 1 aromatic carbocycles.